The smallest absolute Gasteiger partial charge is 0.319 e. The van der Waals surface area contributed by atoms with Crippen LogP contribution in [0.25, 0.3) is 0 Å². The second-order valence-corrected chi connectivity index (χ2v) is 6.88. The maximum Gasteiger partial charge on any atom is 0.319 e. The molecule has 0 radical (unpaired) electrons. The zero-order valence-electron chi connectivity index (χ0n) is 17.7. The Balaban J connectivity index is 1.64. The average Bonchev–Trinajstić information content (AvgIpc) is 2.79. The van der Waals surface area contributed by atoms with Crippen LogP contribution < -0.4 is 25.4 Å². The first kappa shape index (κ1) is 21.7. The largest absolute Gasteiger partial charge is 0.497 e. The fourth-order valence-corrected chi connectivity index (χ4v) is 2.94. The molecule has 31 heavy (non-hydrogen) atoms. The molecule has 3 N–H and O–H groups in total. The third kappa shape index (κ3) is 5.99. The summed E-state index contributed by atoms with van der Waals surface area (Å²) in [4.78, 5) is 25.0. The van der Waals surface area contributed by atoms with Crippen LogP contribution in [0, 0.1) is 6.92 Å². The third-order valence-electron chi connectivity index (χ3n) is 4.64. The lowest BCUT2D eigenvalue weighted by Crippen LogP contribution is -2.28. The van der Waals surface area contributed by atoms with Gasteiger partial charge in [0.25, 0.3) is 5.91 Å². The first-order valence-corrected chi connectivity index (χ1v) is 9.72. The van der Waals surface area contributed by atoms with Crippen LogP contribution in [0.4, 0.5) is 16.2 Å². The van der Waals surface area contributed by atoms with Gasteiger partial charge < -0.3 is 25.4 Å². The van der Waals surface area contributed by atoms with Crippen LogP contribution in [-0.2, 0) is 6.54 Å². The lowest BCUT2D eigenvalue weighted by Gasteiger charge is -2.13. The van der Waals surface area contributed by atoms with Crippen molar-refractivity contribution in [3.63, 3.8) is 0 Å². The van der Waals surface area contributed by atoms with Gasteiger partial charge in [-0.1, -0.05) is 24.3 Å². The molecule has 0 aliphatic carbocycles. The molecule has 3 aromatic rings. The maximum atomic E-state index is 12.5. The van der Waals surface area contributed by atoms with E-state index < -0.39 is 0 Å². The van der Waals surface area contributed by atoms with Crippen molar-refractivity contribution in [1.82, 2.24) is 5.32 Å². The molecule has 0 spiro atoms. The molecule has 0 heterocycles. The molecule has 0 bridgehead atoms. The van der Waals surface area contributed by atoms with Crippen LogP contribution >= 0.6 is 0 Å². The Morgan fingerprint density at radius 3 is 2.16 bits per heavy atom. The first-order valence-electron chi connectivity index (χ1n) is 9.72. The topological polar surface area (TPSA) is 88.7 Å². The molecule has 3 aromatic carbocycles. The van der Waals surface area contributed by atoms with Crippen molar-refractivity contribution in [2.75, 3.05) is 24.9 Å². The molecule has 3 rings (SSSR count). The Bertz CT molecular complexity index is 1050. The Hall–Kier alpha value is -4.00. The van der Waals surface area contributed by atoms with Gasteiger partial charge in [-0.3, -0.25) is 4.79 Å². The number of methoxy groups -OCH3 is 2. The van der Waals surface area contributed by atoms with E-state index in [1.165, 1.54) is 0 Å². The summed E-state index contributed by atoms with van der Waals surface area (Å²) in [6.07, 6.45) is 0. The molecule has 0 atom stereocenters. The molecule has 0 aliphatic rings. The van der Waals surface area contributed by atoms with Gasteiger partial charge in [0, 0.05) is 29.5 Å². The average molecular weight is 419 g/mol. The van der Waals surface area contributed by atoms with E-state index in [0.29, 0.717) is 28.4 Å². The minimum absolute atomic E-state index is 0.252. The highest BCUT2D eigenvalue weighted by atomic mass is 16.5. The van der Waals surface area contributed by atoms with E-state index >= 15 is 0 Å². The van der Waals surface area contributed by atoms with E-state index in [4.69, 9.17) is 9.47 Å². The molecule has 0 saturated carbocycles. The minimum atomic E-state index is -0.384. The number of carbonyl (C=O) groups is 2. The predicted molar refractivity (Wildman–Crippen MR) is 121 cm³/mol. The lowest BCUT2D eigenvalue weighted by molar-refractivity contribution is 0.102. The van der Waals surface area contributed by atoms with Gasteiger partial charge in [0.15, 0.2) is 0 Å². The lowest BCUT2D eigenvalue weighted by atomic mass is 10.1. The highest BCUT2D eigenvalue weighted by Gasteiger charge is 2.11. The van der Waals surface area contributed by atoms with E-state index in [9.17, 15) is 9.59 Å². The third-order valence-corrected chi connectivity index (χ3v) is 4.64. The summed E-state index contributed by atoms with van der Waals surface area (Å²) in [5.41, 5.74) is 3.38. The van der Waals surface area contributed by atoms with Crippen LogP contribution in [0.15, 0.2) is 66.7 Å². The van der Waals surface area contributed by atoms with Gasteiger partial charge in [-0.05, 0) is 54.4 Å². The van der Waals surface area contributed by atoms with Crippen molar-refractivity contribution >= 4 is 23.3 Å². The standard InChI is InChI=1S/C24H25N3O4/c1-16-9-10-18(23(28)26-19-7-5-4-6-8-19)13-22(16)27-24(29)25-15-17-11-20(30-2)14-21(12-17)31-3/h4-14H,15H2,1-3H3,(H,26,28)(H2,25,27,29). The summed E-state index contributed by atoms with van der Waals surface area (Å²) in [5.74, 6) is 1.03. The maximum absolute atomic E-state index is 12.5. The van der Waals surface area contributed by atoms with Gasteiger partial charge in [0.1, 0.15) is 11.5 Å². The van der Waals surface area contributed by atoms with E-state index in [1.807, 2.05) is 49.4 Å². The zero-order valence-corrected chi connectivity index (χ0v) is 17.7. The number of nitrogens with one attached hydrogen (secondary N) is 3. The molecule has 7 nitrogen and oxygen atoms in total. The number of amides is 3. The molecule has 0 saturated heterocycles. The quantitative estimate of drug-likeness (QED) is 0.523. The van der Waals surface area contributed by atoms with Gasteiger partial charge in [0.05, 0.1) is 14.2 Å². The SMILES string of the molecule is COc1cc(CNC(=O)Nc2cc(C(=O)Nc3ccccc3)ccc2C)cc(OC)c1. The van der Waals surface area contributed by atoms with Gasteiger partial charge in [0.2, 0.25) is 0 Å². The Labute approximate surface area is 181 Å². The van der Waals surface area contributed by atoms with Gasteiger partial charge in [-0.2, -0.15) is 0 Å². The van der Waals surface area contributed by atoms with E-state index in [0.717, 1.165) is 11.1 Å². The normalized spacial score (nSPS) is 10.2. The molecule has 160 valence electrons. The summed E-state index contributed by atoms with van der Waals surface area (Å²) in [6.45, 7) is 2.15. The first-order chi connectivity index (χ1) is 15.0. The van der Waals surface area contributed by atoms with E-state index in [1.54, 1.807) is 38.5 Å². The van der Waals surface area contributed by atoms with Crippen LogP contribution in [0.3, 0.4) is 0 Å². The van der Waals surface area contributed by atoms with Gasteiger partial charge in [-0.15, -0.1) is 0 Å². The van der Waals surface area contributed by atoms with Crippen LogP contribution in [0.1, 0.15) is 21.5 Å². The van der Waals surface area contributed by atoms with Crippen LogP contribution in [0.2, 0.25) is 0 Å². The number of urea groups is 1. The number of para-hydroxylation sites is 1. The summed E-state index contributed by atoms with van der Waals surface area (Å²) < 4.78 is 10.5. The van der Waals surface area contributed by atoms with Crippen molar-refractivity contribution < 1.29 is 19.1 Å². The molecular weight excluding hydrogens is 394 g/mol. The fourth-order valence-electron chi connectivity index (χ4n) is 2.94. The molecule has 3 amide bonds. The molecule has 0 unspecified atom stereocenters. The molecule has 0 fully saturated rings. The Morgan fingerprint density at radius 2 is 1.52 bits per heavy atom. The molecule has 0 aromatic heterocycles. The van der Waals surface area contributed by atoms with Crippen molar-refractivity contribution in [3.05, 3.63) is 83.4 Å². The number of carbonyl (C=O) groups excluding carboxylic acids is 2. The second-order valence-electron chi connectivity index (χ2n) is 6.88. The van der Waals surface area contributed by atoms with E-state index in [2.05, 4.69) is 16.0 Å². The summed E-state index contributed by atoms with van der Waals surface area (Å²) in [7, 11) is 3.14. The number of rotatable bonds is 7. The fraction of sp³-hybridized carbons (Fsp3) is 0.167. The van der Waals surface area contributed by atoms with Gasteiger partial charge >= 0.3 is 6.03 Å². The number of aryl methyl sites for hydroxylation is 1. The summed E-state index contributed by atoms with van der Waals surface area (Å²) in [6, 6.07) is 19.4. The second kappa shape index (κ2) is 10.2. The molecule has 7 heteroatoms. The highest BCUT2D eigenvalue weighted by molar-refractivity contribution is 6.05. The summed E-state index contributed by atoms with van der Waals surface area (Å²) in [5, 5.41) is 8.44. The Kier molecular flexibility index (Phi) is 7.11. The van der Waals surface area contributed by atoms with Crippen molar-refractivity contribution in [2.24, 2.45) is 0 Å². The highest BCUT2D eigenvalue weighted by Crippen LogP contribution is 2.22. The predicted octanol–water partition coefficient (Wildman–Crippen LogP) is 4.59. The monoisotopic (exact) mass is 419 g/mol. The zero-order chi connectivity index (χ0) is 22.2. The van der Waals surface area contributed by atoms with Crippen molar-refractivity contribution in [3.8, 4) is 11.5 Å². The van der Waals surface area contributed by atoms with Gasteiger partial charge in [-0.25, -0.2) is 4.79 Å². The van der Waals surface area contributed by atoms with Crippen molar-refractivity contribution in [1.29, 1.82) is 0 Å². The minimum Gasteiger partial charge on any atom is -0.497 e. The number of hydrogen-bond acceptors (Lipinski definition) is 4. The number of benzene rings is 3. The molecule has 0 aliphatic heterocycles. The van der Waals surface area contributed by atoms with E-state index in [-0.39, 0.29) is 18.5 Å². The van der Waals surface area contributed by atoms with Crippen molar-refractivity contribution in [2.45, 2.75) is 13.5 Å². The molecular formula is C24H25N3O4. The number of ether oxygens (including phenoxy) is 2. The number of hydrogen-bond donors (Lipinski definition) is 3. The Morgan fingerprint density at radius 1 is 0.839 bits per heavy atom. The number of anilines is 2. The van der Waals surface area contributed by atoms with Crippen LogP contribution in [-0.4, -0.2) is 26.2 Å². The summed E-state index contributed by atoms with van der Waals surface area (Å²) >= 11 is 0. The van der Waals surface area contributed by atoms with Crippen LogP contribution in [0.5, 0.6) is 11.5 Å².